The highest BCUT2D eigenvalue weighted by atomic mass is 19.1. The molecule has 1 unspecified atom stereocenters. The molecule has 3 N–H and O–H groups in total. The number of nitrogens with zero attached hydrogens (tertiary/aromatic N) is 2. The maximum absolute atomic E-state index is 14.0. The second-order valence-corrected chi connectivity index (χ2v) is 6.86. The molecule has 1 atom stereocenters. The lowest BCUT2D eigenvalue weighted by Crippen LogP contribution is -2.34. The van der Waals surface area contributed by atoms with Crippen LogP contribution >= 0.6 is 0 Å². The van der Waals surface area contributed by atoms with E-state index in [4.69, 9.17) is 5.73 Å². The second-order valence-electron chi connectivity index (χ2n) is 6.86. The predicted molar refractivity (Wildman–Crippen MR) is 98.3 cm³/mol. The number of carbonyl (C=O) groups excluding carboxylic acids is 1. The summed E-state index contributed by atoms with van der Waals surface area (Å²) in [6.45, 7) is 2.83. The van der Waals surface area contributed by atoms with Crippen molar-refractivity contribution in [2.24, 2.45) is 5.73 Å². The zero-order valence-corrected chi connectivity index (χ0v) is 14.4. The Morgan fingerprint density at radius 1 is 1.27 bits per heavy atom. The number of fused-ring (bicyclic) bond motifs is 1. The van der Waals surface area contributed by atoms with Gasteiger partial charge < -0.3 is 10.7 Å². The number of primary amides is 1. The highest BCUT2D eigenvalue weighted by molar-refractivity contribution is 6.04. The van der Waals surface area contributed by atoms with E-state index in [0.29, 0.717) is 11.0 Å². The van der Waals surface area contributed by atoms with Crippen molar-refractivity contribution in [3.63, 3.8) is 0 Å². The Hall–Kier alpha value is -2.73. The summed E-state index contributed by atoms with van der Waals surface area (Å²) in [6, 6.07) is 13.3. The molecule has 3 aromatic rings. The smallest absolute Gasteiger partial charge is 0.253 e. The van der Waals surface area contributed by atoms with E-state index in [1.54, 1.807) is 6.07 Å². The van der Waals surface area contributed by atoms with Crippen LogP contribution in [0.25, 0.3) is 11.0 Å². The number of piperidine rings is 1. The van der Waals surface area contributed by atoms with Crippen molar-refractivity contribution in [3.05, 3.63) is 65.2 Å². The summed E-state index contributed by atoms with van der Waals surface area (Å²) in [7, 11) is 0. The Labute approximate surface area is 151 Å². The van der Waals surface area contributed by atoms with Gasteiger partial charge in [-0.1, -0.05) is 30.3 Å². The Morgan fingerprint density at radius 2 is 2.08 bits per heavy atom. The zero-order valence-electron chi connectivity index (χ0n) is 14.4. The molecule has 1 fully saturated rings. The first-order chi connectivity index (χ1) is 12.6. The molecule has 1 aliphatic rings. The number of aromatic nitrogens is 2. The van der Waals surface area contributed by atoms with Gasteiger partial charge in [0.1, 0.15) is 22.7 Å². The van der Waals surface area contributed by atoms with Crippen LogP contribution in [0.3, 0.4) is 0 Å². The number of imidazole rings is 1. The molecule has 2 heterocycles. The Bertz CT molecular complexity index is 938. The number of rotatable bonds is 4. The predicted octanol–water partition coefficient (Wildman–Crippen LogP) is 3.18. The minimum atomic E-state index is -0.791. The minimum Gasteiger partial charge on any atom is -0.365 e. The van der Waals surface area contributed by atoms with Gasteiger partial charge in [-0.3, -0.25) is 9.69 Å². The molecule has 6 heteroatoms. The molecule has 0 spiro atoms. The van der Waals surface area contributed by atoms with E-state index in [9.17, 15) is 9.18 Å². The normalized spacial score (nSPS) is 18.3. The second kappa shape index (κ2) is 6.88. The van der Waals surface area contributed by atoms with Crippen LogP contribution in [0.2, 0.25) is 0 Å². The highest BCUT2D eigenvalue weighted by Crippen LogP contribution is 2.29. The van der Waals surface area contributed by atoms with Gasteiger partial charge >= 0.3 is 0 Å². The van der Waals surface area contributed by atoms with E-state index in [1.807, 2.05) is 6.07 Å². The van der Waals surface area contributed by atoms with Gasteiger partial charge in [-0.15, -0.1) is 0 Å². The first kappa shape index (κ1) is 16.7. The summed E-state index contributed by atoms with van der Waals surface area (Å²) in [4.78, 5) is 21.8. The van der Waals surface area contributed by atoms with Crippen molar-refractivity contribution in [1.82, 2.24) is 14.9 Å². The number of hydrogen-bond acceptors (Lipinski definition) is 3. The molecule has 134 valence electrons. The highest BCUT2D eigenvalue weighted by Gasteiger charge is 2.25. The Balaban J connectivity index is 1.59. The van der Waals surface area contributed by atoms with Gasteiger partial charge in [0.05, 0.1) is 5.52 Å². The number of nitrogens with two attached hydrogens (primary N) is 1. The van der Waals surface area contributed by atoms with Crippen molar-refractivity contribution in [2.75, 3.05) is 13.1 Å². The lowest BCUT2D eigenvalue weighted by Gasteiger charge is -2.31. The van der Waals surface area contributed by atoms with E-state index >= 15 is 0 Å². The number of benzene rings is 2. The minimum absolute atomic E-state index is 0.137. The van der Waals surface area contributed by atoms with E-state index in [1.165, 1.54) is 11.6 Å². The molecule has 5 nitrogen and oxygen atoms in total. The van der Waals surface area contributed by atoms with Crippen molar-refractivity contribution in [2.45, 2.75) is 25.3 Å². The van der Waals surface area contributed by atoms with Crippen LogP contribution in [0.4, 0.5) is 4.39 Å². The van der Waals surface area contributed by atoms with Gasteiger partial charge in [-0.25, -0.2) is 9.37 Å². The number of amides is 1. The monoisotopic (exact) mass is 352 g/mol. The van der Waals surface area contributed by atoms with E-state index in [-0.39, 0.29) is 11.5 Å². The standard InChI is InChI=1S/C20H21FN4O/c21-15-8-9-16-18(17(15)19(22)26)24-20(23-16)14-7-4-10-25(12-14)11-13-5-2-1-3-6-13/h1-3,5-6,8-9,14H,4,7,10-12H2,(H2,22,26)(H,23,24). The van der Waals surface area contributed by atoms with E-state index in [0.717, 1.165) is 38.3 Å². The molecule has 0 saturated carbocycles. The van der Waals surface area contributed by atoms with E-state index in [2.05, 4.69) is 39.1 Å². The third-order valence-electron chi connectivity index (χ3n) is 5.01. The van der Waals surface area contributed by atoms with Crippen LogP contribution in [-0.4, -0.2) is 33.9 Å². The van der Waals surface area contributed by atoms with Gasteiger partial charge in [0.25, 0.3) is 5.91 Å². The quantitative estimate of drug-likeness (QED) is 0.757. The maximum Gasteiger partial charge on any atom is 0.253 e. The van der Waals surface area contributed by atoms with Crippen LogP contribution in [0.15, 0.2) is 42.5 Å². The number of H-pyrrole nitrogens is 1. The van der Waals surface area contributed by atoms with Gasteiger partial charge in [-0.2, -0.15) is 0 Å². The summed E-state index contributed by atoms with van der Waals surface area (Å²) in [5, 5.41) is 0. The molecule has 0 aliphatic carbocycles. The molecule has 1 saturated heterocycles. The first-order valence-corrected chi connectivity index (χ1v) is 8.86. The molecule has 0 radical (unpaired) electrons. The van der Waals surface area contributed by atoms with Gasteiger partial charge in [0, 0.05) is 19.0 Å². The third-order valence-corrected chi connectivity index (χ3v) is 5.01. The number of aromatic amines is 1. The number of hydrogen-bond donors (Lipinski definition) is 2. The van der Waals surface area contributed by atoms with Crippen molar-refractivity contribution >= 4 is 16.9 Å². The fraction of sp³-hybridized carbons (Fsp3) is 0.300. The molecule has 2 aromatic carbocycles. The fourth-order valence-electron chi connectivity index (χ4n) is 3.76. The SMILES string of the molecule is NC(=O)c1c(F)ccc2[nH]c(C3CCCN(Cc4ccccc4)C3)nc12. The summed E-state index contributed by atoms with van der Waals surface area (Å²) in [5.41, 5.74) is 7.46. The molecule has 1 aromatic heterocycles. The lowest BCUT2D eigenvalue weighted by atomic mass is 9.97. The van der Waals surface area contributed by atoms with Crippen molar-refractivity contribution < 1.29 is 9.18 Å². The van der Waals surface area contributed by atoms with Crippen LogP contribution in [0.1, 0.15) is 40.5 Å². The molecular formula is C20H21FN4O. The van der Waals surface area contributed by atoms with Crippen molar-refractivity contribution in [1.29, 1.82) is 0 Å². The molecule has 0 bridgehead atoms. The molecule has 1 aliphatic heterocycles. The van der Waals surface area contributed by atoms with Gasteiger partial charge in [-0.05, 0) is 37.1 Å². The van der Waals surface area contributed by atoms with Crippen LogP contribution in [0, 0.1) is 5.82 Å². The summed E-state index contributed by atoms with van der Waals surface area (Å²) in [5.74, 6) is -0.396. The van der Waals surface area contributed by atoms with Crippen LogP contribution < -0.4 is 5.73 Å². The van der Waals surface area contributed by atoms with Crippen LogP contribution in [0.5, 0.6) is 0 Å². The van der Waals surface area contributed by atoms with Gasteiger partial charge in [0.2, 0.25) is 0 Å². The third kappa shape index (κ3) is 3.20. The summed E-state index contributed by atoms with van der Waals surface area (Å²) >= 11 is 0. The average Bonchev–Trinajstić information content (AvgIpc) is 3.06. The van der Waals surface area contributed by atoms with Crippen molar-refractivity contribution in [3.8, 4) is 0 Å². The largest absolute Gasteiger partial charge is 0.365 e. The number of nitrogens with one attached hydrogen (secondary N) is 1. The average molecular weight is 352 g/mol. The Kier molecular flexibility index (Phi) is 4.42. The number of likely N-dealkylation sites (tertiary alicyclic amines) is 1. The molecular weight excluding hydrogens is 331 g/mol. The molecule has 4 rings (SSSR count). The zero-order chi connectivity index (χ0) is 18.1. The maximum atomic E-state index is 14.0. The van der Waals surface area contributed by atoms with Gasteiger partial charge in [0.15, 0.2) is 0 Å². The fourth-order valence-corrected chi connectivity index (χ4v) is 3.76. The summed E-state index contributed by atoms with van der Waals surface area (Å²) < 4.78 is 14.0. The first-order valence-electron chi connectivity index (χ1n) is 8.86. The molecule has 1 amide bonds. The summed E-state index contributed by atoms with van der Waals surface area (Å²) in [6.07, 6.45) is 2.09. The molecule has 26 heavy (non-hydrogen) atoms. The van der Waals surface area contributed by atoms with Crippen LogP contribution in [-0.2, 0) is 6.54 Å². The lowest BCUT2D eigenvalue weighted by molar-refractivity contribution is 0.0998. The van der Waals surface area contributed by atoms with E-state index < -0.39 is 11.7 Å². The Morgan fingerprint density at radius 3 is 2.85 bits per heavy atom. The number of halogens is 1. The number of carbonyl (C=O) groups is 1. The topological polar surface area (TPSA) is 75.0 Å².